The van der Waals surface area contributed by atoms with Gasteiger partial charge in [0.1, 0.15) is 16.7 Å². The smallest absolute Gasteiger partial charge is 0.315 e. The van der Waals surface area contributed by atoms with E-state index in [4.69, 9.17) is 0 Å². The number of hydrazone groups is 1. The minimum absolute atomic E-state index is 0.0793. The lowest BCUT2D eigenvalue weighted by Gasteiger charge is -2.31. The number of aliphatic hydroxyl groups excluding tert-OH is 1. The Hall–Kier alpha value is -2.64. The molecule has 2 amide bonds. The number of amides is 2. The van der Waals surface area contributed by atoms with Crippen LogP contribution >= 0.6 is 0 Å². The maximum atomic E-state index is 13.4. The van der Waals surface area contributed by atoms with Gasteiger partial charge in [-0.25, -0.2) is 18.2 Å². The monoisotopic (exact) mass is 567 g/mol. The molecule has 3 rings (SSSR count). The lowest BCUT2D eigenvalue weighted by Crippen LogP contribution is -2.48. The zero-order chi connectivity index (χ0) is 28.8. The molecule has 2 heterocycles. The molecule has 3 unspecified atom stereocenters. The van der Waals surface area contributed by atoms with E-state index in [0.29, 0.717) is 43.8 Å². The Morgan fingerprint density at radius 3 is 2.67 bits per heavy atom. The highest BCUT2D eigenvalue weighted by molar-refractivity contribution is 7.93. The summed E-state index contributed by atoms with van der Waals surface area (Å²) in [4.78, 5) is 17.1. The van der Waals surface area contributed by atoms with E-state index in [1.54, 1.807) is 31.1 Å². The lowest BCUT2D eigenvalue weighted by atomic mass is 10.0. The van der Waals surface area contributed by atoms with Crippen LogP contribution in [0.2, 0.25) is 0 Å². The second-order valence-electron chi connectivity index (χ2n) is 11.3. The van der Waals surface area contributed by atoms with Crippen LogP contribution in [0.3, 0.4) is 0 Å². The number of hydrogen-bond donors (Lipinski definition) is 6. The maximum Gasteiger partial charge on any atom is 0.315 e. The molecule has 39 heavy (non-hydrogen) atoms. The summed E-state index contributed by atoms with van der Waals surface area (Å²) in [7, 11) is -1.70. The number of nitrogens with one attached hydrogen (secondary N) is 4. The van der Waals surface area contributed by atoms with E-state index in [1.807, 2.05) is 14.0 Å². The first-order valence-electron chi connectivity index (χ1n) is 13.6. The van der Waals surface area contributed by atoms with Gasteiger partial charge in [-0.15, -0.1) is 0 Å². The third kappa shape index (κ3) is 8.42. The van der Waals surface area contributed by atoms with Crippen molar-refractivity contribution in [2.24, 2.45) is 10.1 Å². The van der Waals surface area contributed by atoms with Gasteiger partial charge in [-0.3, -0.25) is 5.01 Å². The Balaban J connectivity index is 1.64. The molecule has 6 N–H and O–H groups in total. The molecule has 0 aromatic heterocycles. The molecule has 0 bridgehead atoms. The summed E-state index contributed by atoms with van der Waals surface area (Å²) in [5.74, 6) is 0.368. The number of hydrogen-bond acceptors (Lipinski definition) is 10. The molecule has 0 aromatic rings. The highest BCUT2D eigenvalue weighted by atomic mass is 32.2. The van der Waals surface area contributed by atoms with Gasteiger partial charge in [0.15, 0.2) is 9.84 Å². The van der Waals surface area contributed by atoms with Gasteiger partial charge in [-0.1, -0.05) is 13.5 Å². The zero-order valence-electron chi connectivity index (χ0n) is 23.5. The van der Waals surface area contributed by atoms with Crippen molar-refractivity contribution in [1.29, 1.82) is 0 Å². The first kappa shape index (κ1) is 30.9. The molecule has 0 aromatic carbocycles. The van der Waals surface area contributed by atoms with Crippen molar-refractivity contribution in [3.8, 4) is 0 Å². The number of carbonyl (C=O) groups excluding carboxylic acids is 1. The molecule has 0 spiro atoms. The van der Waals surface area contributed by atoms with Crippen molar-refractivity contribution in [2.45, 2.75) is 87.9 Å². The number of urea groups is 1. The molecular formula is C26H45N7O5S. The summed E-state index contributed by atoms with van der Waals surface area (Å²) < 4.78 is 25.7. The first-order chi connectivity index (χ1) is 18.3. The summed E-state index contributed by atoms with van der Waals surface area (Å²) in [6.45, 7) is 10.3. The van der Waals surface area contributed by atoms with Crippen LogP contribution in [0.5, 0.6) is 0 Å². The van der Waals surface area contributed by atoms with Gasteiger partial charge >= 0.3 is 6.03 Å². The molecule has 1 saturated carbocycles. The van der Waals surface area contributed by atoms with Crippen molar-refractivity contribution in [3.05, 3.63) is 23.9 Å². The lowest BCUT2D eigenvalue weighted by molar-refractivity contribution is 0.0771. The van der Waals surface area contributed by atoms with E-state index in [1.165, 1.54) is 0 Å². The number of sulfone groups is 1. The van der Waals surface area contributed by atoms with Gasteiger partial charge in [0.2, 0.25) is 0 Å². The van der Waals surface area contributed by atoms with Gasteiger partial charge in [0.05, 0.1) is 30.5 Å². The molecule has 1 fully saturated rings. The van der Waals surface area contributed by atoms with Crippen LogP contribution in [-0.4, -0.2) is 103 Å². The average Bonchev–Trinajstić information content (AvgIpc) is 3.61. The molecule has 2 aliphatic heterocycles. The van der Waals surface area contributed by atoms with E-state index in [9.17, 15) is 23.4 Å². The Labute approximate surface area is 232 Å². The van der Waals surface area contributed by atoms with Gasteiger partial charge in [-0.2, -0.15) is 5.10 Å². The average molecular weight is 568 g/mol. The number of amidine groups is 1. The largest absolute Gasteiger partial charge is 0.395 e. The van der Waals surface area contributed by atoms with E-state index < -0.39 is 26.4 Å². The Bertz CT molecular complexity index is 1090. The summed E-state index contributed by atoms with van der Waals surface area (Å²) >= 11 is 0. The van der Waals surface area contributed by atoms with E-state index in [0.717, 1.165) is 12.0 Å². The molecule has 0 saturated heterocycles. The van der Waals surface area contributed by atoms with E-state index in [2.05, 4.69) is 37.9 Å². The fourth-order valence-corrected chi connectivity index (χ4v) is 6.97. The van der Waals surface area contributed by atoms with Crippen LogP contribution < -0.4 is 21.3 Å². The topological polar surface area (TPSA) is 168 Å². The van der Waals surface area contributed by atoms with Crippen LogP contribution in [-0.2, 0) is 9.84 Å². The Kier molecular flexibility index (Phi) is 10.1. The second kappa shape index (κ2) is 12.7. The summed E-state index contributed by atoms with van der Waals surface area (Å²) in [5.41, 5.74) is 0.247. The van der Waals surface area contributed by atoms with Gasteiger partial charge in [0.25, 0.3) is 0 Å². The highest BCUT2D eigenvalue weighted by Gasteiger charge is 2.58. The van der Waals surface area contributed by atoms with Crippen LogP contribution in [0.15, 0.2) is 34.0 Å². The van der Waals surface area contributed by atoms with Crippen molar-refractivity contribution in [3.63, 3.8) is 0 Å². The molecule has 12 nitrogen and oxygen atoms in total. The third-order valence-corrected chi connectivity index (χ3v) is 9.84. The quantitative estimate of drug-likeness (QED) is 0.166. The predicted octanol–water partition coefficient (Wildman–Crippen LogP) is 0.602. The second-order valence-corrected chi connectivity index (χ2v) is 13.7. The minimum Gasteiger partial charge on any atom is -0.395 e. The fourth-order valence-electron chi connectivity index (χ4n) is 4.64. The van der Waals surface area contributed by atoms with Gasteiger partial charge in [0, 0.05) is 37.6 Å². The van der Waals surface area contributed by atoms with Crippen molar-refractivity contribution < 1.29 is 23.4 Å². The van der Waals surface area contributed by atoms with Gasteiger partial charge < -0.3 is 31.5 Å². The van der Waals surface area contributed by atoms with Crippen LogP contribution in [0.4, 0.5) is 4.79 Å². The zero-order valence-corrected chi connectivity index (χ0v) is 24.4. The Morgan fingerprint density at radius 2 is 2.10 bits per heavy atom. The molecule has 0 radical (unpaired) electrons. The van der Waals surface area contributed by atoms with Crippen molar-refractivity contribution >= 4 is 27.9 Å². The minimum atomic E-state index is -3.55. The fraction of sp³-hybridized carbons (Fsp3) is 0.731. The summed E-state index contributed by atoms with van der Waals surface area (Å²) in [6.07, 6.45) is 5.93. The number of likely N-dealkylation sites (N-methyl/N-ethyl adjacent to an activating group) is 1. The first-order valence-corrected chi connectivity index (χ1v) is 15.3. The van der Waals surface area contributed by atoms with Gasteiger partial charge in [-0.05, 0) is 57.9 Å². The van der Waals surface area contributed by atoms with Crippen molar-refractivity contribution in [1.82, 2.24) is 26.3 Å². The Morgan fingerprint density at radius 1 is 1.38 bits per heavy atom. The normalized spacial score (nSPS) is 22.9. The van der Waals surface area contributed by atoms with E-state index in [-0.39, 0.29) is 43.4 Å². The summed E-state index contributed by atoms with van der Waals surface area (Å²) in [5, 5.41) is 37.6. The van der Waals surface area contributed by atoms with Crippen molar-refractivity contribution in [2.75, 3.05) is 32.5 Å². The standard InChI is InChI=1S/C26H45N7O5S/c1-6-19(29-24(35)30-20-16-28-33(5)17-20)8-7-18(2)23-31-21(15-22(32-23)27-12-13-34)26(9-10-26)39(37,38)14-11-25(3,4)36/h15-16,19-20,23,31,34,36H,2,6-14,17H2,1,3-5H3,(H,27,32)(H2,29,30,35). The third-order valence-electron chi connectivity index (χ3n) is 7.28. The maximum absolute atomic E-state index is 13.4. The number of aliphatic imine (C=N–C) groups is 1. The predicted molar refractivity (Wildman–Crippen MR) is 153 cm³/mol. The molecule has 3 aliphatic rings. The highest BCUT2D eigenvalue weighted by Crippen LogP contribution is 2.50. The summed E-state index contributed by atoms with van der Waals surface area (Å²) in [6, 6.07) is -0.460. The SMILES string of the molecule is C=C(CCC(CC)NC(=O)NC1C=NN(C)C1)C1N=C(NCCO)C=C(C2(S(=O)(=O)CCC(C)(C)O)CC2)N1. The number of nitrogens with zero attached hydrogens (tertiary/aromatic N) is 3. The van der Waals surface area contributed by atoms with Crippen LogP contribution in [0.1, 0.15) is 59.3 Å². The van der Waals surface area contributed by atoms with Crippen LogP contribution in [0.25, 0.3) is 0 Å². The van der Waals surface area contributed by atoms with E-state index >= 15 is 0 Å². The molecule has 1 aliphatic carbocycles. The number of aliphatic hydroxyl groups is 2. The number of carbonyl (C=O) groups is 1. The molecule has 3 atom stereocenters. The van der Waals surface area contributed by atoms with Crippen LogP contribution in [0, 0.1) is 0 Å². The molecule has 220 valence electrons. The molecular weight excluding hydrogens is 522 g/mol. The molecule has 13 heteroatoms. The number of rotatable bonds is 14.